The van der Waals surface area contributed by atoms with Gasteiger partial charge in [-0.15, -0.1) is 20.4 Å². The molecule has 0 spiro atoms. The van der Waals surface area contributed by atoms with Gasteiger partial charge in [0.05, 0.1) is 5.56 Å². The summed E-state index contributed by atoms with van der Waals surface area (Å²) < 4.78 is 0. The second-order valence-electron chi connectivity index (χ2n) is 5.16. The standard InChI is InChI=1S/C16H16N8O/c1-2-3-7-19-16(25)11-5-6-12(20-10-11)13-21-23-15(24-22-13)14-17-8-4-9-18-14/h4-6,8-10H,2-3,7H2,1H3,(H,19,25). The number of amides is 1. The Kier molecular flexibility index (Phi) is 5.25. The van der Waals surface area contributed by atoms with E-state index in [0.29, 0.717) is 23.6 Å². The maximum Gasteiger partial charge on any atom is 0.252 e. The summed E-state index contributed by atoms with van der Waals surface area (Å²) in [5.41, 5.74) is 0.959. The van der Waals surface area contributed by atoms with Gasteiger partial charge in [-0.25, -0.2) is 9.97 Å². The van der Waals surface area contributed by atoms with Crippen LogP contribution in [0.4, 0.5) is 0 Å². The third-order valence-corrected chi connectivity index (χ3v) is 3.32. The minimum Gasteiger partial charge on any atom is -0.352 e. The van der Waals surface area contributed by atoms with Crippen LogP contribution in [0.15, 0.2) is 36.8 Å². The molecule has 0 saturated heterocycles. The van der Waals surface area contributed by atoms with Gasteiger partial charge >= 0.3 is 0 Å². The first-order valence-corrected chi connectivity index (χ1v) is 7.87. The van der Waals surface area contributed by atoms with Crippen molar-refractivity contribution in [2.24, 2.45) is 0 Å². The molecule has 1 N–H and O–H groups in total. The Morgan fingerprint density at radius 1 is 0.960 bits per heavy atom. The van der Waals surface area contributed by atoms with Crippen LogP contribution in [0.25, 0.3) is 23.2 Å². The second kappa shape index (κ2) is 7.95. The zero-order valence-electron chi connectivity index (χ0n) is 13.6. The van der Waals surface area contributed by atoms with Crippen molar-refractivity contribution in [2.75, 3.05) is 6.54 Å². The largest absolute Gasteiger partial charge is 0.352 e. The van der Waals surface area contributed by atoms with Gasteiger partial charge in [0.25, 0.3) is 5.91 Å². The molecule has 0 radical (unpaired) electrons. The van der Waals surface area contributed by atoms with Gasteiger partial charge in [-0.3, -0.25) is 9.78 Å². The SMILES string of the molecule is CCCCNC(=O)c1ccc(-c2nnc(-c3ncccn3)nn2)nc1. The molecule has 3 aromatic heterocycles. The molecule has 0 aliphatic heterocycles. The third kappa shape index (κ3) is 4.14. The third-order valence-electron chi connectivity index (χ3n) is 3.32. The Balaban J connectivity index is 1.71. The molecule has 0 aliphatic carbocycles. The summed E-state index contributed by atoms with van der Waals surface area (Å²) in [5, 5.41) is 18.8. The minimum absolute atomic E-state index is 0.152. The number of carbonyl (C=O) groups excluding carboxylic acids is 1. The van der Waals surface area contributed by atoms with Gasteiger partial charge < -0.3 is 5.32 Å². The van der Waals surface area contributed by atoms with E-state index >= 15 is 0 Å². The highest BCUT2D eigenvalue weighted by atomic mass is 16.1. The van der Waals surface area contributed by atoms with Crippen LogP contribution in [0.2, 0.25) is 0 Å². The first-order valence-electron chi connectivity index (χ1n) is 7.87. The van der Waals surface area contributed by atoms with Crippen molar-refractivity contribution in [2.45, 2.75) is 19.8 Å². The highest BCUT2D eigenvalue weighted by molar-refractivity contribution is 5.94. The first kappa shape index (κ1) is 16.5. The van der Waals surface area contributed by atoms with E-state index in [-0.39, 0.29) is 17.6 Å². The summed E-state index contributed by atoms with van der Waals surface area (Å²) in [4.78, 5) is 24.2. The molecule has 3 rings (SSSR count). The van der Waals surface area contributed by atoms with Gasteiger partial charge in [-0.1, -0.05) is 13.3 Å². The van der Waals surface area contributed by atoms with Gasteiger partial charge in [0, 0.05) is 25.1 Å². The topological polar surface area (TPSA) is 119 Å². The maximum absolute atomic E-state index is 11.9. The van der Waals surface area contributed by atoms with Crippen LogP contribution in [0.3, 0.4) is 0 Å². The average Bonchev–Trinajstić information content (AvgIpc) is 2.69. The number of carbonyl (C=O) groups is 1. The Morgan fingerprint density at radius 2 is 1.68 bits per heavy atom. The van der Waals surface area contributed by atoms with E-state index in [2.05, 4.69) is 47.6 Å². The van der Waals surface area contributed by atoms with Crippen molar-refractivity contribution in [3.8, 4) is 23.2 Å². The van der Waals surface area contributed by atoms with E-state index in [0.717, 1.165) is 12.8 Å². The zero-order chi connectivity index (χ0) is 17.5. The Morgan fingerprint density at radius 3 is 2.32 bits per heavy atom. The number of hydrogen-bond donors (Lipinski definition) is 1. The molecule has 0 fully saturated rings. The Bertz CT molecular complexity index is 821. The summed E-state index contributed by atoms with van der Waals surface area (Å²) >= 11 is 0. The van der Waals surface area contributed by atoms with E-state index in [1.807, 2.05) is 0 Å². The van der Waals surface area contributed by atoms with Gasteiger partial charge in [0.1, 0.15) is 5.69 Å². The summed E-state index contributed by atoms with van der Waals surface area (Å²) in [6.07, 6.45) is 6.63. The fraction of sp³-hybridized carbons (Fsp3) is 0.250. The molecule has 3 heterocycles. The van der Waals surface area contributed by atoms with E-state index in [9.17, 15) is 4.79 Å². The van der Waals surface area contributed by atoms with Gasteiger partial charge in [0.15, 0.2) is 0 Å². The molecule has 0 saturated carbocycles. The first-order chi connectivity index (χ1) is 12.3. The predicted molar refractivity (Wildman–Crippen MR) is 89.1 cm³/mol. The number of hydrogen-bond acceptors (Lipinski definition) is 8. The predicted octanol–water partition coefficient (Wildman–Crippen LogP) is 1.32. The monoisotopic (exact) mass is 336 g/mol. The van der Waals surface area contributed by atoms with Crippen molar-refractivity contribution in [3.05, 3.63) is 42.4 Å². The minimum atomic E-state index is -0.152. The lowest BCUT2D eigenvalue weighted by molar-refractivity contribution is 0.0953. The number of nitrogens with one attached hydrogen (secondary N) is 1. The molecule has 0 atom stereocenters. The average molecular weight is 336 g/mol. The van der Waals surface area contributed by atoms with Crippen molar-refractivity contribution < 1.29 is 4.79 Å². The van der Waals surface area contributed by atoms with E-state index in [1.54, 1.807) is 30.6 Å². The van der Waals surface area contributed by atoms with Crippen LogP contribution >= 0.6 is 0 Å². The van der Waals surface area contributed by atoms with E-state index in [1.165, 1.54) is 6.20 Å². The molecule has 3 aromatic rings. The molecule has 0 unspecified atom stereocenters. The maximum atomic E-state index is 11.9. The van der Waals surface area contributed by atoms with Crippen LogP contribution < -0.4 is 5.32 Å². The van der Waals surface area contributed by atoms with Crippen LogP contribution in [-0.2, 0) is 0 Å². The number of unbranched alkanes of at least 4 members (excludes halogenated alkanes) is 1. The van der Waals surface area contributed by atoms with Crippen LogP contribution in [-0.4, -0.2) is 47.8 Å². The molecule has 9 nitrogen and oxygen atoms in total. The summed E-state index contributed by atoms with van der Waals surface area (Å²) in [6.45, 7) is 2.72. The molecule has 25 heavy (non-hydrogen) atoms. The fourth-order valence-electron chi connectivity index (χ4n) is 1.98. The lowest BCUT2D eigenvalue weighted by atomic mass is 10.2. The molecule has 0 aromatic carbocycles. The highest BCUT2D eigenvalue weighted by Gasteiger charge is 2.11. The summed E-state index contributed by atoms with van der Waals surface area (Å²) in [6, 6.07) is 5.02. The molecule has 1 amide bonds. The van der Waals surface area contributed by atoms with Crippen LogP contribution in [0, 0.1) is 0 Å². The fourth-order valence-corrected chi connectivity index (χ4v) is 1.98. The number of nitrogens with zero attached hydrogens (tertiary/aromatic N) is 7. The Labute approximate surface area is 144 Å². The molecule has 9 heteroatoms. The zero-order valence-corrected chi connectivity index (χ0v) is 13.6. The van der Waals surface area contributed by atoms with E-state index < -0.39 is 0 Å². The van der Waals surface area contributed by atoms with Gasteiger partial charge in [-0.05, 0) is 24.6 Å². The van der Waals surface area contributed by atoms with Gasteiger partial charge in [0.2, 0.25) is 17.5 Å². The number of rotatable bonds is 6. The lowest BCUT2D eigenvalue weighted by Crippen LogP contribution is -2.24. The number of aromatic nitrogens is 7. The smallest absolute Gasteiger partial charge is 0.252 e. The molecular weight excluding hydrogens is 320 g/mol. The normalized spacial score (nSPS) is 10.4. The highest BCUT2D eigenvalue weighted by Crippen LogP contribution is 2.12. The molecule has 126 valence electrons. The van der Waals surface area contributed by atoms with Crippen LogP contribution in [0.5, 0.6) is 0 Å². The van der Waals surface area contributed by atoms with E-state index in [4.69, 9.17) is 0 Å². The van der Waals surface area contributed by atoms with Crippen molar-refractivity contribution in [1.82, 2.24) is 40.7 Å². The Hall–Kier alpha value is -3.36. The second-order valence-corrected chi connectivity index (χ2v) is 5.16. The number of pyridine rings is 1. The summed E-state index contributed by atoms with van der Waals surface area (Å²) in [5.74, 6) is 0.691. The summed E-state index contributed by atoms with van der Waals surface area (Å²) in [7, 11) is 0. The molecular formula is C16H16N8O. The lowest BCUT2D eigenvalue weighted by Gasteiger charge is -2.04. The van der Waals surface area contributed by atoms with Crippen molar-refractivity contribution >= 4 is 5.91 Å². The molecule has 0 bridgehead atoms. The van der Waals surface area contributed by atoms with Crippen molar-refractivity contribution in [1.29, 1.82) is 0 Å². The van der Waals surface area contributed by atoms with Gasteiger partial charge in [-0.2, -0.15) is 0 Å². The van der Waals surface area contributed by atoms with Crippen molar-refractivity contribution in [3.63, 3.8) is 0 Å². The molecule has 0 aliphatic rings. The quantitative estimate of drug-likeness (QED) is 0.669. The van der Waals surface area contributed by atoms with Crippen LogP contribution in [0.1, 0.15) is 30.1 Å².